The minimum absolute atomic E-state index is 0.0962. The molecule has 1 rings (SSSR count). The van der Waals surface area contributed by atoms with Crippen molar-refractivity contribution in [3.63, 3.8) is 0 Å². The van der Waals surface area contributed by atoms with E-state index in [0.29, 0.717) is 5.82 Å². The third kappa shape index (κ3) is 2.55. The van der Waals surface area contributed by atoms with Gasteiger partial charge < -0.3 is 5.32 Å². The number of hydrogen-bond donors (Lipinski definition) is 1. The Balaban J connectivity index is 3.23. The number of rotatable bonds is 2. The van der Waals surface area contributed by atoms with Gasteiger partial charge in [0.05, 0.1) is 6.20 Å². The molecule has 82 valence electrons. The molecule has 0 aromatic carbocycles. The zero-order valence-electron chi connectivity index (χ0n) is 9.69. The van der Waals surface area contributed by atoms with Crippen molar-refractivity contribution >= 4 is 11.4 Å². The van der Waals surface area contributed by atoms with Crippen molar-refractivity contribution in [2.75, 3.05) is 12.4 Å². The molecule has 1 aromatic rings. The largest absolute Gasteiger partial charge is 0.373 e. The molecule has 2 nitrogen and oxygen atoms in total. The summed E-state index contributed by atoms with van der Waals surface area (Å²) in [5.74, 6) is 0.325. The van der Waals surface area contributed by atoms with Gasteiger partial charge in [0.15, 0.2) is 0 Å². The van der Waals surface area contributed by atoms with Crippen molar-refractivity contribution in [2.24, 2.45) is 5.41 Å². The molecule has 0 aliphatic rings. The summed E-state index contributed by atoms with van der Waals surface area (Å²) in [7, 11) is 1.76. The van der Waals surface area contributed by atoms with Crippen LogP contribution in [0.25, 0.3) is 5.57 Å². The van der Waals surface area contributed by atoms with E-state index in [1.165, 1.54) is 12.3 Å². The molecule has 0 radical (unpaired) electrons. The molecule has 0 spiro atoms. The fourth-order valence-corrected chi connectivity index (χ4v) is 1.27. The third-order valence-electron chi connectivity index (χ3n) is 2.32. The summed E-state index contributed by atoms with van der Waals surface area (Å²) < 4.78 is 13.1. The SMILES string of the molecule is C=C(c1cc(F)cnc1NC)C(C)(C)C. The maximum absolute atomic E-state index is 13.1. The molecule has 1 aromatic heterocycles. The molecule has 1 N–H and O–H groups in total. The Hall–Kier alpha value is -1.38. The maximum atomic E-state index is 13.1. The van der Waals surface area contributed by atoms with Gasteiger partial charge in [-0.25, -0.2) is 9.37 Å². The van der Waals surface area contributed by atoms with Gasteiger partial charge in [0.25, 0.3) is 0 Å². The minimum atomic E-state index is -0.339. The van der Waals surface area contributed by atoms with Crippen molar-refractivity contribution in [3.8, 4) is 0 Å². The first-order valence-corrected chi connectivity index (χ1v) is 4.89. The lowest BCUT2D eigenvalue weighted by atomic mass is 9.83. The van der Waals surface area contributed by atoms with E-state index in [9.17, 15) is 4.39 Å². The number of halogens is 1. The fourth-order valence-electron chi connectivity index (χ4n) is 1.27. The fraction of sp³-hybridized carbons (Fsp3) is 0.417. The topological polar surface area (TPSA) is 24.9 Å². The molecule has 0 amide bonds. The number of allylic oxidation sites excluding steroid dienone is 1. The molecule has 0 saturated heterocycles. The van der Waals surface area contributed by atoms with E-state index in [4.69, 9.17) is 0 Å². The molecule has 0 saturated carbocycles. The van der Waals surface area contributed by atoms with Crippen LogP contribution in [-0.4, -0.2) is 12.0 Å². The van der Waals surface area contributed by atoms with Gasteiger partial charge in [0.2, 0.25) is 0 Å². The van der Waals surface area contributed by atoms with Gasteiger partial charge in [-0.2, -0.15) is 0 Å². The van der Waals surface area contributed by atoms with E-state index in [2.05, 4.69) is 16.9 Å². The smallest absolute Gasteiger partial charge is 0.142 e. The molecular weight excluding hydrogens is 191 g/mol. The lowest BCUT2D eigenvalue weighted by Gasteiger charge is -2.23. The molecule has 0 unspecified atom stereocenters. The molecule has 0 bridgehead atoms. The molecule has 1 heterocycles. The first-order chi connectivity index (χ1) is 6.86. The van der Waals surface area contributed by atoms with Crippen LogP contribution < -0.4 is 5.32 Å². The van der Waals surface area contributed by atoms with Crippen LogP contribution in [0.4, 0.5) is 10.2 Å². The highest BCUT2D eigenvalue weighted by Crippen LogP contribution is 2.35. The van der Waals surface area contributed by atoms with Gasteiger partial charge in [-0.05, 0) is 17.1 Å². The standard InChI is InChI=1S/C12H17FN2/c1-8(12(2,3)4)10-6-9(13)7-15-11(10)14-5/h6-7H,1H2,2-5H3,(H,14,15). The quantitative estimate of drug-likeness (QED) is 0.806. The van der Waals surface area contributed by atoms with E-state index < -0.39 is 0 Å². The van der Waals surface area contributed by atoms with Crippen LogP contribution >= 0.6 is 0 Å². The lowest BCUT2D eigenvalue weighted by molar-refractivity contribution is 0.566. The van der Waals surface area contributed by atoms with E-state index in [1.54, 1.807) is 7.05 Å². The van der Waals surface area contributed by atoms with E-state index in [-0.39, 0.29) is 11.2 Å². The van der Waals surface area contributed by atoms with Crippen molar-refractivity contribution in [1.29, 1.82) is 0 Å². The number of nitrogens with one attached hydrogen (secondary N) is 1. The Morgan fingerprint density at radius 1 is 1.47 bits per heavy atom. The Labute approximate surface area is 90.2 Å². The number of hydrogen-bond acceptors (Lipinski definition) is 2. The van der Waals surface area contributed by atoms with Crippen LogP contribution in [0.5, 0.6) is 0 Å². The lowest BCUT2D eigenvalue weighted by Crippen LogP contribution is -2.10. The molecule has 0 fully saturated rings. The van der Waals surface area contributed by atoms with Gasteiger partial charge in [-0.3, -0.25) is 0 Å². The zero-order chi connectivity index (χ0) is 11.6. The number of aromatic nitrogens is 1. The number of pyridine rings is 1. The highest BCUT2D eigenvalue weighted by Gasteiger charge is 2.19. The summed E-state index contributed by atoms with van der Waals surface area (Å²) in [5.41, 5.74) is 1.52. The highest BCUT2D eigenvalue weighted by molar-refractivity contribution is 5.75. The second kappa shape index (κ2) is 4.01. The van der Waals surface area contributed by atoms with Crippen LogP contribution in [0.15, 0.2) is 18.8 Å². The third-order valence-corrected chi connectivity index (χ3v) is 2.32. The molecule has 0 aliphatic carbocycles. The van der Waals surface area contributed by atoms with Crippen LogP contribution in [0.2, 0.25) is 0 Å². The molecule has 15 heavy (non-hydrogen) atoms. The summed E-state index contributed by atoms with van der Waals surface area (Å²) >= 11 is 0. The van der Waals surface area contributed by atoms with Crippen molar-refractivity contribution < 1.29 is 4.39 Å². The van der Waals surface area contributed by atoms with Crippen molar-refractivity contribution in [2.45, 2.75) is 20.8 Å². The average molecular weight is 208 g/mol. The van der Waals surface area contributed by atoms with Crippen LogP contribution in [0.1, 0.15) is 26.3 Å². The minimum Gasteiger partial charge on any atom is -0.373 e. The van der Waals surface area contributed by atoms with Crippen molar-refractivity contribution in [3.05, 3.63) is 30.2 Å². The summed E-state index contributed by atoms with van der Waals surface area (Å²) in [6.07, 6.45) is 1.20. The Morgan fingerprint density at radius 3 is 2.53 bits per heavy atom. The van der Waals surface area contributed by atoms with E-state index >= 15 is 0 Å². The summed E-state index contributed by atoms with van der Waals surface area (Å²) in [6.45, 7) is 10.1. The first kappa shape index (κ1) is 11.7. The number of anilines is 1. The normalized spacial score (nSPS) is 11.3. The van der Waals surface area contributed by atoms with Gasteiger partial charge in [0, 0.05) is 12.6 Å². The van der Waals surface area contributed by atoms with Crippen molar-refractivity contribution in [1.82, 2.24) is 4.98 Å². The average Bonchev–Trinajstić information content (AvgIpc) is 2.15. The van der Waals surface area contributed by atoms with E-state index in [0.717, 1.165) is 11.1 Å². The zero-order valence-corrected chi connectivity index (χ0v) is 9.69. The number of nitrogens with zero attached hydrogens (tertiary/aromatic N) is 1. The Bertz CT molecular complexity index is 378. The second-order valence-corrected chi connectivity index (χ2v) is 4.53. The first-order valence-electron chi connectivity index (χ1n) is 4.89. The van der Waals surface area contributed by atoms with Crippen LogP contribution in [-0.2, 0) is 0 Å². The predicted octanol–water partition coefficient (Wildman–Crippen LogP) is 3.32. The second-order valence-electron chi connectivity index (χ2n) is 4.53. The summed E-state index contributed by atoms with van der Waals surface area (Å²) in [5, 5.41) is 2.94. The molecular formula is C12H17FN2. The summed E-state index contributed by atoms with van der Waals surface area (Å²) in [4.78, 5) is 3.98. The van der Waals surface area contributed by atoms with Gasteiger partial charge in [-0.15, -0.1) is 0 Å². The van der Waals surface area contributed by atoms with Gasteiger partial charge >= 0.3 is 0 Å². The molecule has 0 aliphatic heterocycles. The van der Waals surface area contributed by atoms with Gasteiger partial charge in [0.1, 0.15) is 11.6 Å². The summed E-state index contributed by atoms with van der Waals surface area (Å²) in [6, 6.07) is 1.46. The molecule has 0 atom stereocenters. The predicted molar refractivity (Wildman–Crippen MR) is 62.2 cm³/mol. The van der Waals surface area contributed by atoms with Gasteiger partial charge in [-0.1, -0.05) is 27.4 Å². The van der Waals surface area contributed by atoms with E-state index in [1.807, 2.05) is 20.8 Å². The maximum Gasteiger partial charge on any atom is 0.142 e. The van der Waals surface area contributed by atoms with Crippen LogP contribution in [0.3, 0.4) is 0 Å². The van der Waals surface area contributed by atoms with Crippen LogP contribution in [0, 0.1) is 11.2 Å². The Kier molecular flexibility index (Phi) is 3.12. The highest BCUT2D eigenvalue weighted by atomic mass is 19.1. The monoisotopic (exact) mass is 208 g/mol. The Morgan fingerprint density at radius 2 is 2.07 bits per heavy atom. The molecule has 3 heteroatoms.